The number of nitrogens with one attached hydrogen (secondary N) is 3. The number of esters is 3. The molecular weight excluding hydrogens is 1370 g/mol. The first-order chi connectivity index (χ1) is 49.7. The number of hydrogen-bond acceptors (Lipinski definition) is 28. The molecule has 0 aliphatic carbocycles. The van der Waals surface area contributed by atoms with Gasteiger partial charge in [0.15, 0.2) is 23.3 Å². The third-order valence-electron chi connectivity index (χ3n) is 18.5. The molecule has 6 fully saturated rings. The highest BCUT2D eigenvalue weighted by atomic mass is 16.6. The number of likely N-dealkylation sites (tertiary alicyclic amines) is 3. The van der Waals surface area contributed by atoms with Crippen LogP contribution in [0.1, 0.15) is 267 Å². The number of rotatable bonds is 7. The summed E-state index contributed by atoms with van der Waals surface area (Å²) in [5, 5.41) is 25.3. The number of ether oxygens (including phenoxy) is 6. The van der Waals surface area contributed by atoms with Gasteiger partial charge in [0.1, 0.15) is 16.8 Å². The normalized spacial score (nSPS) is 24.5. The lowest BCUT2D eigenvalue weighted by atomic mass is 9.93. The van der Waals surface area contributed by atoms with E-state index < -0.39 is 16.8 Å². The standard InChI is InChI=1S/2C14H23N3O3.C13H23NO4.2C9H15N3O.C8H15NO2.C8H9NO2/c2*1-9-6-7-11(12-15-10(2)16-20-12)8-17(9)13(18)19-14(3,4)5;1-9-6-7-10(11(15)17-5)8-14(9)12(16)18-13(2,3)4;2*1-6-3-4-8(5-10-6)9-11-7(2)12-13-9;2*1-6-3-4-7(5-9-6)8(10)11-2/h2*9,11H,6-8H2,1-5H3;9-10H,6-8H2,1-5H3;2*6,8,10H,3-5H2,1-2H3;6-7,9H,3-5H2,1-2H3;3-5H,1-2H3/t9-,11+;9-,11-;9-,10?;6-,8?;6-,8+;6-,7?;/m000000./s1. The number of aryl methyl sites for hydroxylation is 5. The van der Waals surface area contributed by atoms with Crippen molar-refractivity contribution in [1.82, 2.24) is 76.2 Å². The maximum absolute atomic E-state index is 12.2. The number of nitrogens with zero attached hydrogens (tertiary/aromatic N) is 12. The summed E-state index contributed by atoms with van der Waals surface area (Å²) in [7, 11) is 4.17. The zero-order chi connectivity index (χ0) is 78.8. The predicted molar refractivity (Wildman–Crippen MR) is 393 cm³/mol. The summed E-state index contributed by atoms with van der Waals surface area (Å²) in [4.78, 5) is 96.0. The number of carbonyl (C=O) groups excluding carboxylic acids is 6. The van der Waals surface area contributed by atoms with Crippen molar-refractivity contribution in [3.8, 4) is 0 Å². The fourth-order valence-corrected chi connectivity index (χ4v) is 12.2. The van der Waals surface area contributed by atoms with Crippen LogP contribution < -0.4 is 16.0 Å². The molecule has 3 unspecified atom stereocenters. The van der Waals surface area contributed by atoms with Crippen molar-refractivity contribution < 1.29 is 75.3 Å². The lowest BCUT2D eigenvalue weighted by molar-refractivity contribution is -0.148. The van der Waals surface area contributed by atoms with Crippen molar-refractivity contribution in [3.63, 3.8) is 0 Å². The fraction of sp³-hybridized carbons (Fsp3) is 0.747. The topological polar surface area (TPSA) is 372 Å². The quantitative estimate of drug-likeness (QED) is 0.101. The first-order valence-electron chi connectivity index (χ1n) is 37.3. The fourth-order valence-electron chi connectivity index (χ4n) is 12.2. The van der Waals surface area contributed by atoms with E-state index >= 15 is 0 Å². The Morgan fingerprint density at radius 3 is 1.02 bits per heavy atom. The molecule has 3 N–H and O–H groups in total. The van der Waals surface area contributed by atoms with Crippen molar-refractivity contribution in [1.29, 1.82) is 0 Å². The van der Waals surface area contributed by atoms with E-state index in [0.29, 0.717) is 78.6 Å². The smallest absolute Gasteiger partial charge is 0.410 e. The molecule has 0 radical (unpaired) electrons. The van der Waals surface area contributed by atoms with Crippen LogP contribution in [0.25, 0.3) is 0 Å². The van der Waals surface area contributed by atoms with Crippen LogP contribution in [0.2, 0.25) is 0 Å². The van der Waals surface area contributed by atoms with E-state index in [1.165, 1.54) is 40.4 Å². The number of aromatic nitrogens is 9. The maximum Gasteiger partial charge on any atom is 0.410 e. The van der Waals surface area contributed by atoms with Crippen molar-refractivity contribution in [3.05, 3.63) is 76.4 Å². The molecule has 6 aliphatic heterocycles. The second kappa shape index (κ2) is 41.8. The SMILES string of the molecule is COC(=O)C1CC[C@H](C)N(C(=O)OC(C)(C)C)C1.COC(=O)C1CC[C@H](C)NC1.COC(=O)c1ccc(C)nc1.Cc1noc(C2CC[C@H](C)NC2)n1.Cc1noc([C@@H]2CC[C@H](C)N(C(=O)OC(C)(C)C)C2)n1.Cc1noc([C@@H]2CC[C@H](C)NC2)n1.Cc1noc([C@H]2CC[C@H](C)N(C(=O)OC(C)(C)C)C2)n1. The molecule has 0 bridgehead atoms. The molecule has 594 valence electrons. The van der Waals surface area contributed by atoms with Gasteiger partial charge in [-0.05, 0) is 228 Å². The Labute approximate surface area is 626 Å². The maximum atomic E-state index is 12.2. The van der Waals surface area contributed by atoms with Crippen molar-refractivity contribution >= 4 is 36.2 Å². The molecule has 0 aromatic carbocycles. The van der Waals surface area contributed by atoms with Gasteiger partial charge < -0.3 is 77.2 Å². The minimum Gasteiger partial charge on any atom is -0.469 e. The Morgan fingerprint density at radius 1 is 0.406 bits per heavy atom. The third kappa shape index (κ3) is 30.6. The third-order valence-corrected chi connectivity index (χ3v) is 18.5. The summed E-state index contributed by atoms with van der Waals surface area (Å²) in [6.07, 6.45) is 12.6. The van der Waals surface area contributed by atoms with Gasteiger partial charge in [-0.25, -0.2) is 19.2 Å². The lowest BCUT2D eigenvalue weighted by Crippen LogP contribution is -2.49. The average molecular weight is 1490 g/mol. The first kappa shape index (κ1) is 88.4. The highest BCUT2D eigenvalue weighted by Gasteiger charge is 2.39. The number of hydrogen-bond donors (Lipinski definition) is 3. The number of methoxy groups -OCH3 is 3. The molecular formula is C75H123N15O16. The Kier molecular flexibility index (Phi) is 34.9. The highest BCUT2D eigenvalue weighted by Crippen LogP contribution is 2.33. The number of amides is 3. The minimum absolute atomic E-state index is 0.0793. The summed E-state index contributed by atoms with van der Waals surface area (Å²) in [6.45, 7) is 42.7. The van der Waals surface area contributed by atoms with Gasteiger partial charge in [-0.2, -0.15) is 19.9 Å². The van der Waals surface area contributed by atoms with Gasteiger partial charge in [0, 0.05) is 87.4 Å². The molecule has 0 saturated carbocycles. The summed E-state index contributed by atoms with van der Waals surface area (Å²) >= 11 is 0. The zero-order valence-corrected chi connectivity index (χ0v) is 67.3. The minimum atomic E-state index is -0.519. The second-order valence-electron chi connectivity index (χ2n) is 31.5. The molecule has 11 rings (SSSR count). The Balaban J connectivity index is 0.000000225. The molecule has 6 aliphatic rings. The molecule has 3 amide bonds. The molecule has 5 aromatic heterocycles. The Morgan fingerprint density at radius 2 is 0.726 bits per heavy atom. The van der Waals surface area contributed by atoms with Crippen molar-refractivity contribution in [2.75, 3.05) is 60.6 Å². The van der Waals surface area contributed by atoms with Crippen LogP contribution in [0.4, 0.5) is 14.4 Å². The van der Waals surface area contributed by atoms with Crippen LogP contribution >= 0.6 is 0 Å². The first-order valence-corrected chi connectivity index (χ1v) is 37.3. The summed E-state index contributed by atoms with van der Waals surface area (Å²) in [5.41, 5.74) is -0.110. The molecule has 0 spiro atoms. The van der Waals surface area contributed by atoms with Crippen LogP contribution in [0.5, 0.6) is 0 Å². The number of pyridine rings is 1. The van der Waals surface area contributed by atoms with Gasteiger partial charge in [0.25, 0.3) is 0 Å². The van der Waals surface area contributed by atoms with Gasteiger partial charge in [0.05, 0.1) is 62.4 Å². The Hall–Kier alpha value is -8.19. The molecule has 31 nitrogen and oxygen atoms in total. The average Bonchev–Trinajstić information content (AvgIpc) is 1.20. The summed E-state index contributed by atoms with van der Waals surface area (Å²) in [6, 6.07) is 5.70. The molecule has 5 aromatic rings. The molecule has 11 heterocycles. The zero-order valence-electron chi connectivity index (χ0n) is 67.3. The molecule has 106 heavy (non-hydrogen) atoms. The van der Waals surface area contributed by atoms with Gasteiger partial charge in [-0.15, -0.1) is 0 Å². The molecule has 6 saturated heterocycles. The molecule has 12 atom stereocenters. The van der Waals surface area contributed by atoms with Crippen LogP contribution in [-0.4, -0.2) is 210 Å². The predicted octanol–water partition coefficient (Wildman–Crippen LogP) is 12.1. The van der Waals surface area contributed by atoms with E-state index in [9.17, 15) is 28.8 Å². The monoisotopic (exact) mass is 1490 g/mol. The molecule has 31 heteroatoms. The van der Waals surface area contributed by atoms with E-state index in [-0.39, 0.29) is 78.0 Å². The second-order valence-corrected chi connectivity index (χ2v) is 31.5. The largest absolute Gasteiger partial charge is 0.469 e. The number of carbonyl (C=O) groups is 6. The van der Waals surface area contributed by atoms with E-state index in [2.05, 4.69) is 91.7 Å². The van der Waals surface area contributed by atoms with Crippen molar-refractivity contribution in [2.45, 2.75) is 292 Å². The van der Waals surface area contributed by atoms with Crippen LogP contribution in [0, 0.1) is 46.5 Å². The van der Waals surface area contributed by atoms with Crippen LogP contribution in [0.15, 0.2) is 36.4 Å². The van der Waals surface area contributed by atoms with Crippen LogP contribution in [-0.2, 0) is 38.0 Å². The van der Waals surface area contributed by atoms with Gasteiger partial charge in [-0.1, -0.05) is 20.6 Å². The summed E-state index contributed by atoms with van der Waals surface area (Å²) < 4.78 is 50.9. The van der Waals surface area contributed by atoms with Crippen LogP contribution in [0.3, 0.4) is 0 Å². The number of piperidine rings is 6. The van der Waals surface area contributed by atoms with Gasteiger partial charge in [0.2, 0.25) is 23.6 Å². The lowest BCUT2D eigenvalue weighted by Gasteiger charge is -2.37. The van der Waals surface area contributed by atoms with E-state index in [1.54, 1.807) is 40.7 Å². The van der Waals surface area contributed by atoms with E-state index in [1.807, 2.05) is 104 Å². The van der Waals surface area contributed by atoms with E-state index in [0.717, 1.165) is 113 Å². The highest BCUT2D eigenvalue weighted by molar-refractivity contribution is 5.88. The Bertz CT molecular complexity index is 3310. The van der Waals surface area contributed by atoms with E-state index in [4.69, 9.17) is 37.0 Å². The summed E-state index contributed by atoms with van der Waals surface area (Å²) in [5.74, 6) is 5.70. The van der Waals surface area contributed by atoms with Gasteiger partial charge in [-0.3, -0.25) is 14.6 Å². The van der Waals surface area contributed by atoms with Crippen molar-refractivity contribution in [2.24, 2.45) is 11.8 Å². The van der Waals surface area contributed by atoms with Gasteiger partial charge >= 0.3 is 36.2 Å².